The normalized spacial score (nSPS) is 16.0. The first kappa shape index (κ1) is 13.9. The van der Waals surface area contributed by atoms with Crippen molar-refractivity contribution >= 4 is 17.2 Å². The second-order valence-electron chi connectivity index (χ2n) is 5.61. The Labute approximate surface area is 126 Å². The van der Waals surface area contributed by atoms with Crippen LogP contribution in [0.3, 0.4) is 0 Å². The van der Waals surface area contributed by atoms with E-state index >= 15 is 0 Å². The minimum absolute atomic E-state index is 0.821. The van der Waals surface area contributed by atoms with Gasteiger partial charge in [-0.1, -0.05) is 13.3 Å². The molecule has 1 saturated heterocycles. The number of hydrogen-bond donors (Lipinski definition) is 1. The van der Waals surface area contributed by atoms with Crippen LogP contribution in [0.4, 0.5) is 17.2 Å². The first-order valence-corrected chi connectivity index (χ1v) is 7.73. The molecule has 110 valence electrons. The molecule has 21 heavy (non-hydrogen) atoms. The molecule has 0 bridgehead atoms. The van der Waals surface area contributed by atoms with E-state index in [0.717, 1.165) is 17.4 Å². The Bertz CT molecular complexity index is 545. The predicted octanol–water partition coefficient (Wildman–Crippen LogP) is 3.85. The summed E-state index contributed by atoms with van der Waals surface area (Å²) < 4.78 is 0. The van der Waals surface area contributed by atoms with Crippen molar-refractivity contribution in [3.05, 3.63) is 42.9 Å². The van der Waals surface area contributed by atoms with Crippen molar-refractivity contribution < 1.29 is 0 Å². The van der Waals surface area contributed by atoms with E-state index in [1.807, 2.05) is 6.07 Å². The van der Waals surface area contributed by atoms with Gasteiger partial charge in [-0.15, -0.1) is 0 Å². The smallest absolute Gasteiger partial charge is 0.133 e. The summed E-state index contributed by atoms with van der Waals surface area (Å²) in [6.07, 6.45) is 7.24. The minimum atomic E-state index is 0.821. The van der Waals surface area contributed by atoms with Gasteiger partial charge in [-0.25, -0.2) is 9.97 Å². The molecular weight excluding hydrogens is 260 g/mol. The summed E-state index contributed by atoms with van der Waals surface area (Å²) >= 11 is 0. The second-order valence-corrected chi connectivity index (χ2v) is 5.61. The van der Waals surface area contributed by atoms with Crippen LogP contribution < -0.4 is 10.2 Å². The fraction of sp³-hybridized carbons (Fsp3) is 0.412. The van der Waals surface area contributed by atoms with E-state index in [0.29, 0.717) is 0 Å². The number of anilines is 3. The van der Waals surface area contributed by atoms with Crippen LogP contribution in [0.15, 0.2) is 42.9 Å². The van der Waals surface area contributed by atoms with Crippen molar-refractivity contribution in [1.82, 2.24) is 9.97 Å². The Morgan fingerprint density at radius 2 is 1.90 bits per heavy atom. The number of nitrogens with zero attached hydrogens (tertiary/aromatic N) is 3. The van der Waals surface area contributed by atoms with Crippen LogP contribution in [0.2, 0.25) is 0 Å². The lowest BCUT2D eigenvalue weighted by Gasteiger charge is -2.33. The quantitative estimate of drug-likeness (QED) is 0.925. The molecule has 0 saturated carbocycles. The number of rotatable bonds is 4. The molecule has 1 fully saturated rings. The Kier molecular flexibility index (Phi) is 4.34. The SMILES string of the molecule is CCC1CCN(c2ccc(Nc3ccncn3)cc2)CC1. The lowest BCUT2D eigenvalue weighted by molar-refractivity contribution is 0.395. The van der Waals surface area contributed by atoms with Gasteiger partial charge in [0.15, 0.2) is 0 Å². The summed E-state index contributed by atoms with van der Waals surface area (Å²) in [4.78, 5) is 10.6. The number of piperidine rings is 1. The van der Waals surface area contributed by atoms with Crippen LogP contribution in [0.1, 0.15) is 26.2 Å². The summed E-state index contributed by atoms with van der Waals surface area (Å²) in [5.74, 6) is 1.74. The lowest BCUT2D eigenvalue weighted by atomic mass is 9.94. The first-order chi connectivity index (χ1) is 10.3. The molecule has 3 rings (SSSR count). The second kappa shape index (κ2) is 6.57. The number of benzene rings is 1. The molecule has 2 aromatic rings. The molecule has 1 aromatic heterocycles. The Morgan fingerprint density at radius 1 is 1.14 bits per heavy atom. The van der Waals surface area contributed by atoms with Crippen LogP contribution in [-0.4, -0.2) is 23.1 Å². The van der Waals surface area contributed by atoms with Crippen LogP contribution in [0.25, 0.3) is 0 Å². The molecule has 0 aliphatic carbocycles. The van der Waals surface area contributed by atoms with Gasteiger partial charge in [-0.3, -0.25) is 0 Å². The zero-order chi connectivity index (χ0) is 14.5. The molecular formula is C17H22N4. The van der Waals surface area contributed by atoms with Gasteiger partial charge in [0.2, 0.25) is 0 Å². The summed E-state index contributed by atoms with van der Waals surface area (Å²) in [6, 6.07) is 10.5. The van der Waals surface area contributed by atoms with E-state index in [9.17, 15) is 0 Å². The summed E-state index contributed by atoms with van der Waals surface area (Å²) in [7, 11) is 0. The monoisotopic (exact) mass is 282 g/mol. The lowest BCUT2D eigenvalue weighted by Crippen LogP contribution is -2.33. The van der Waals surface area contributed by atoms with Gasteiger partial charge in [-0.2, -0.15) is 0 Å². The molecule has 4 nitrogen and oxygen atoms in total. The van der Waals surface area contributed by atoms with Crippen LogP contribution in [-0.2, 0) is 0 Å². The standard InChI is InChI=1S/C17H22N4/c1-2-14-8-11-21(12-9-14)16-5-3-15(4-6-16)20-17-7-10-18-13-19-17/h3-7,10,13-14H,2,8-9,11-12H2,1H3,(H,18,19,20). The topological polar surface area (TPSA) is 41.0 Å². The molecule has 2 heterocycles. The summed E-state index contributed by atoms with van der Waals surface area (Å²) in [5, 5.41) is 3.28. The van der Waals surface area contributed by atoms with Crippen LogP contribution >= 0.6 is 0 Å². The number of nitrogens with one attached hydrogen (secondary N) is 1. The third kappa shape index (κ3) is 3.51. The van der Waals surface area contributed by atoms with Gasteiger partial charge in [0.1, 0.15) is 12.1 Å². The average molecular weight is 282 g/mol. The van der Waals surface area contributed by atoms with Gasteiger partial charge in [0.25, 0.3) is 0 Å². The van der Waals surface area contributed by atoms with Crippen molar-refractivity contribution in [3.8, 4) is 0 Å². The van der Waals surface area contributed by atoms with E-state index < -0.39 is 0 Å². The molecule has 0 unspecified atom stereocenters. The molecule has 0 radical (unpaired) electrons. The maximum atomic E-state index is 4.17. The maximum absolute atomic E-state index is 4.17. The fourth-order valence-corrected chi connectivity index (χ4v) is 2.87. The molecule has 4 heteroatoms. The van der Waals surface area contributed by atoms with Crippen LogP contribution in [0.5, 0.6) is 0 Å². The van der Waals surface area contributed by atoms with E-state index in [-0.39, 0.29) is 0 Å². The maximum Gasteiger partial charge on any atom is 0.133 e. The molecule has 0 spiro atoms. The van der Waals surface area contributed by atoms with E-state index in [1.165, 1.54) is 38.0 Å². The van der Waals surface area contributed by atoms with E-state index in [4.69, 9.17) is 0 Å². The molecule has 1 aliphatic rings. The number of aromatic nitrogens is 2. The van der Waals surface area contributed by atoms with Crippen molar-refractivity contribution in [3.63, 3.8) is 0 Å². The fourth-order valence-electron chi connectivity index (χ4n) is 2.87. The van der Waals surface area contributed by atoms with Gasteiger partial charge < -0.3 is 10.2 Å². The van der Waals surface area contributed by atoms with E-state index in [2.05, 4.69) is 51.4 Å². The predicted molar refractivity (Wildman–Crippen MR) is 87.0 cm³/mol. The molecule has 0 amide bonds. The molecule has 1 aliphatic heterocycles. The Morgan fingerprint density at radius 3 is 2.52 bits per heavy atom. The highest BCUT2D eigenvalue weighted by atomic mass is 15.1. The summed E-state index contributed by atoms with van der Waals surface area (Å²) in [5.41, 5.74) is 2.37. The molecule has 1 aromatic carbocycles. The number of hydrogen-bond acceptors (Lipinski definition) is 4. The molecule has 1 N–H and O–H groups in total. The zero-order valence-corrected chi connectivity index (χ0v) is 12.5. The highest BCUT2D eigenvalue weighted by Crippen LogP contribution is 2.26. The van der Waals surface area contributed by atoms with Crippen molar-refractivity contribution in [2.75, 3.05) is 23.3 Å². The summed E-state index contributed by atoms with van der Waals surface area (Å²) in [6.45, 7) is 4.66. The third-order valence-corrected chi connectivity index (χ3v) is 4.28. The van der Waals surface area contributed by atoms with Gasteiger partial charge in [0.05, 0.1) is 0 Å². The van der Waals surface area contributed by atoms with Gasteiger partial charge in [-0.05, 0) is 49.1 Å². The third-order valence-electron chi connectivity index (χ3n) is 4.28. The van der Waals surface area contributed by atoms with Crippen molar-refractivity contribution in [2.45, 2.75) is 26.2 Å². The van der Waals surface area contributed by atoms with Gasteiger partial charge >= 0.3 is 0 Å². The minimum Gasteiger partial charge on any atom is -0.372 e. The average Bonchev–Trinajstić information content (AvgIpc) is 2.57. The van der Waals surface area contributed by atoms with E-state index in [1.54, 1.807) is 12.5 Å². The zero-order valence-electron chi connectivity index (χ0n) is 12.5. The molecule has 0 atom stereocenters. The van der Waals surface area contributed by atoms with Crippen LogP contribution in [0, 0.1) is 5.92 Å². The van der Waals surface area contributed by atoms with Crippen molar-refractivity contribution in [1.29, 1.82) is 0 Å². The largest absolute Gasteiger partial charge is 0.372 e. The first-order valence-electron chi connectivity index (χ1n) is 7.73. The Balaban J connectivity index is 1.62. The van der Waals surface area contributed by atoms with Crippen molar-refractivity contribution in [2.24, 2.45) is 5.92 Å². The highest BCUT2D eigenvalue weighted by molar-refractivity contribution is 5.60. The Hall–Kier alpha value is -2.10. The highest BCUT2D eigenvalue weighted by Gasteiger charge is 2.17. The van der Waals surface area contributed by atoms with Gasteiger partial charge in [0, 0.05) is 30.7 Å².